The first-order valence-corrected chi connectivity index (χ1v) is 8.70. The Bertz CT molecular complexity index is 626. The number of carbonyl (C=O) groups excluding carboxylic acids is 1. The number of hydrogen-bond donors (Lipinski definition) is 2. The molecule has 0 heterocycles. The number of hydrogen-bond acceptors (Lipinski definition) is 4. The lowest BCUT2D eigenvalue weighted by atomic mass is 10.2. The molecule has 1 aromatic rings. The summed E-state index contributed by atoms with van der Waals surface area (Å²) in [6.07, 6.45) is 0.794. The highest BCUT2D eigenvalue weighted by Gasteiger charge is 2.22. The van der Waals surface area contributed by atoms with Crippen molar-refractivity contribution < 1.29 is 17.9 Å². The first-order chi connectivity index (χ1) is 10.2. The summed E-state index contributed by atoms with van der Waals surface area (Å²) in [5, 5.41) is 2.81. The molecule has 0 fully saturated rings. The number of benzene rings is 1. The van der Waals surface area contributed by atoms with Gasteiger partial charge in [-0.1, -0.05) is 6.92 Å². The number of sulfonamides is 1. The van der Waals surface area contributed by atoms with Gasteiger partial charge in [0.25, 0.3) is 5.91 Å². The van der Waals surface area contributed by atoms with Gasteiger partial charge in [0.15, 0.2) is 0 Å². The topological polar surface area (TPSA) is 84.5 Å². The third-order valence-electron chi connectivity index (χ3n) is 3.10. The van der Waals surface area contributed by atoms with E-state index in [1.54, 1.807) is 19.9 Å². The van der Waals surface area contributed by atoms with Crippen LogP contribution < -0.4 is 14.8 Å². The van der Waals surface area contributed by atoms with Crippen LogP contribution in [0.2, 0.25) is 0 Å². The average molecular weight is 328 g/mol. The predicted octanol–water partition coefficient (Wildman–Crippen LogP) is 1.91. The van der Waals surface area contributed by atoms with Crippen LogP contribution in [0, 0.1) is 0 Å². The molecule has 1 atom stereocenters. The first kappa shape index (κ1) is 18.4. The number of amides is 1. The molecule has 0 spiro atoms. The highest BCUT2D eigenvalue weighted by molar-refractivity contribution is 7.89. The van der Waals surface area contributed by atoms with Crippen molar-refractivity contribution in [3.63, 3.8) is 0 Å². The fourth-order valence-corrected chi connectivity index (χ4v) is 3.26. The Balaban J connectivity index is 3.22. The molecule has 0 aliphatic rings. The van der Waals surface area contributed by atoms with E-state index < -0.39 is 10.0 Å². The van der Waals surface area contributed by atoms with E-state index in [9.17, 15) is 13.2 Å². The van der Waals surface area contributed by atoms with E-state index in [1.165, 1.54) is 19.2 Å². The molecule has 1 aromatic carbocycles. The van der Waals surface area contributed by atoms with Crippen molar-refractivity contribution in [1.29, 1.82) is 0 Å². The van der Waals surface area contributed by atoms with Crippen LogP contribution in [0.4, 0.5) is 0 Å². The van der Waals surface area contributed by atoms with Crippen LogP contribution in [-0.2, 0) is 10.0 Å². The van der Waals surface area contributed by atoms with Gasteiger partial charge >= 0.3 is 0 Å². The molecule has 0 saturated heterocycles. The molecular formula is C15H24N2O4S. The summed E-state index contributed by atoms with van der Waals surface area (Å²) >= 11 is 0. The van der Waals surface area contributed by atoms with Crippen LogP contribution in [0.3, 0.4) is 0 Å². The van der Waals surface area contributed by atoms with E-state index in [4.69, 9.17) is 4.74 Å². The van der Waals surface area contributed by atoms with Gasteiger partial charge in [0.05, 0.1) is 7.11 Å². The Morgan fingerprint density at radius 1 is 1.27 bits per heavy atom. The Labute approximate surface area is 132 Å². The zero-order valence-corrected chi connectivity index (χ0v) is 14.5. The van der Waals surface area contributed by atoms with Crippen molar-refractivity contribution in [3.05, 3.63) is 23.8 Å². The van der Waals surface area contributed by atoms with Gasteiger partial charge in [0, 0.05) is 17.6 Å². The number of rotatable bonds is 7. The van der Waals surface area contributed by atoms with Crippen LogP contribution in [0.15, 0.2) is 23.1 Å². The highest BCUT2D eigenvalue weighted by atomic mass is 32.2. The molecule has 7 heteroatoms. The zero-order chi connectivity index (χ0) is 16.9. The van der Waals surface area contributed by atoms with Gasteiger partial charge < -0.3 is 10.1 Å². The number of carbonyl (C=O) groups is 1. The minimum absolute atomic E-state index is 0.0171. The van der Waals surface area contributed by atoms with Gasteiger partial charge in [-0.25, -0.2) is 13.1 Å². The Kier molecular flexibility index (Phi) is 6.37. The molecule has 0 radical (unpaired) electrons. The second-order valence-corrected chi connectivity index (χ2v) is 7.11. The molecule has 124 valence electrons. The molecule has 1 amide bonds. The van der Waals surface area contributed by atoms with Crippen LogP contribution >= 0.6 is 0 Å². The highest BCUT2D eigenvalue weighted by Crippen LogP contribution is 2.25. The van der Waals surface area contributed by atoms with Gasteiger partial charge in [0.2, 0.25) is 10.0 Å². The molecule has 0 aliphatic heterocycles. The molecule has 0 aliphatic carbocycles. The van der Waals surface area contributed by atoms with Gasteiger partial charge in [-0.15, -0.1) is 0 Å². The normalized spacial score (nSPS) is 13.0. The summed E-state index contributed by atoms with van der Waals surface area (Å²) in [6, 6.07) is 4.13. The predicted molar refractivity (Wildman–Crippen MR) is 85.7 cm³/mol. The third kappa shape index (κ3) is 4.71. The summed E-state index contributed by atoms with van der Waals surface area (Å²) in [7, 11) is -2.36. The van der Waals surface area contributed by atoms with Crippen molar-refractivity contribution in [2.45, 2.75) is 51.1 Å². The third-order valence-corrected chi connectivity index (χ3v) is 4.78. The SMILES string of the molecule is CCC(C)NC(=O)c1ccc(OC)c(S(=O)(=O)NC(C)C)c1. The summed E-state index contributed by atoms with van der Waals surface area (Å²) in [4.78, 5) is 12.1. The summed E-state index contributed by atoms with van der Waals surface area (Å²) in [5.74, 6) is -0.105. The smallest absolute Gasteiger partial charge is 0.251 e. The van der Waals surface area contributed by atoms with E-state index in [0.717, 1.165) is 6.42 Å². The van der Waals surface area contributed by atoms with Crippen molar-refractivity contribution in [3.8, 4) is 5.75 Å². The Morgan fingerprint density at radius 3 is 2.41 bits per heavy atom. The first-order valence-electron chi connectivity index (χ1n) is 7.22. The van der Waals surface area contributed by atoms with Gasteiger partial charge in [-0.2, -0.15) is 0 Å². The van der Waals surface area contributed by atoms with E-state index in [2.05, 4.69) is 10.0 Å². The molecule has 0 aromatic heterocycles. The maximum Gasteiger partial charge on any atom is 0.251 e. The van der Waals surface area contributed by atoms with Gasteiger partial charge in [-0.05, 0) is 45.4 Å². The van der Waals surface area contributed by atoms with Gasteiger partial charge in [-0.3, -0.25) is 4.79 Å². The fraction of sp³-hybridized carbons (Fsp3) is 0.533. The minimum Gasteiger partial charge on any atom is -0.495 e. The lowest BCUT2D eigenvalue weighted by Gasteiger charge is -2.15. The second-order valence-electron chi connectivity index (χ2n) is 5.42. The monoisotopic (exact) mass is 328 g/mol. The van der Waals surface area contributed by atoms with Crippen molar-refractivity contribution in [2.24, 2.45) is 0 Å². The Hall–Kier alpha value is -1.60. The zero-order valence-electron chi connectivity index (χ0n) is 13.6. The lowest BCUT2D eigenvalue weighted by molar-refractivity contribution is 0.0939. The maximum atomic E-state index is 12.4. The molecule has 1 rings (SSSR count). The maximum absolute atomic E-state index is 12.4. The molecule has 1 unspecified atom stereocenters. The van der Waals surface area contributed by atoms with Crippen molar-refractivity contribution >= 4 is 15.9 Å². The van der Waals surface area contributed by atoms with Crippen LogP contribution in [0.5, 0.6) is 5.75 Å². The summed E-state index contributed by atoms with van der Waals surface area (Å²) in [5.41, 5.74) is 0.283. The fourth-order valence-electron chi connectivity index (χ4n) is 1.81. The Morgan fingerprint density at radius 2 is 1.91 bits per heavy atom. The minimum atomic E-state index is -3.75. The van der Waals surface area contributed by atoms with Gasteiger partial charge in [0.1, 0.15) is 10.6 Å². The van der Waals surface area contributed by atoms with Crippen LogP contribution in [0.1, 0.15) is 44.5 Å². The largest absolute Gasteiger partial charge is 0.495 e. The molecule has 22 heavy (non-hydrogen) atoms. The molecular weight excluding hydrogens is 304 g/mol. The second kappa shape index (κ2) is 7.60. The molecule has 2 N–H and O–H groups in total. The van der Waals surface area contributed by atoms with Crippen LogP contribution in [-0.4, -0.2) is 33.5 Å². The van der Waals surface area contributed by atoms with Crippen LogP contribution in [0.25, 0.3) is 0 Å². The quantitative estimate of drug-likeness (QED) is 0.801. The average Bonchev–Trinajstić information content (AvgIpc) is 2.44. The standard InChI is InChI=1S/C15H24N2O4S/c1-6-11(4)16-15(18)12-7-8-13(21-5)14(9-12)22(19,20)17-10(2)3/h7-11,17H,6H2,1-5H3,(H,16,18). The lowest BCUT2D eigenvalue weighted by Crippen LogP contribution is -2.33. The summed E-state index contributed by atoms with van der Waals surface area (Å²) < 4.78 is 32.3. The molecule has 6 nitrogen and oxygen atoms in total. The molecule has 0 saturated carbocycles. The van der Waals surface area contributed by atoms with E-state index >= 15 is 0 Å². The number of methoxy groups -OCH3 is 1. The van der Waals surface area contributed by atoms with E-state index in [0.29, 0.717) is 0 Å². The van der Waals surface area contributed by atoms with Crippen molar-refractivity contribution in [2.75, 3.05) is 7.11 Å². The summed E-state index contributed by atoms with van der Waals surface area (Å²) in [6.45, 7) is 7.30. The van der Waals surface area contributed by atoms with E-state index in [1.807, 2.05) is 13.8 Å². The van der Waals surface area contributed by atoms with E-state index in [-0.39, 0.29) is 34.2 Å². The molecule has 0 bridgehead atoms. The van der Waals surface area contributed by atoms with Crippen molar-refractivity contribution in [1.82, 2.24) is 10.0 Å². The number of ether oxygens (including phenoxy) is 1. The number of nitrogens with one attached hydrogen (secondary N) is 2.